The van der Waals surface area contributed by atoms with E-state index in [1.165, 1.54) is 0 Å². The predicted octanol–water partition coefficient (Wildman–Crippen LogP) is 2.82. The van der Waals surface area contributed by atoms with Crippen molar-refractivity contribution in [1.82, 2.24) is 4.98 Å². The summed E-state index contributed by atoms with van der Waals surface area (Å²) in [6.45, 7) is 0. The Bertz CT molecular complexity index is 703. The molecule has 1 N–H and O–H groups in total. The summed E-state index contributed by atoms with van der Waals surface area (Å²) in [6.07, 6.45) is -0.395. The molecule has 1 amide bonds. The number of hydrogen-bond acceptors (Lipinski definition) is 3. The smallest absolute Gasteiger partial charge is 0.281 e. The van der Waals surface area contributed by atoms with Gasteiger partial charge in [0.05, 0.1) is 17.1 Å². The lowest BCUT2D eigenvalue weighted by Crippen LogP contribution is -2.21. The highest BCUT2D eigenvalue weighted by molar-refractivity contribution is 6.31. The molecule has 0 bridgehead atoms. The number of benzodiazepines with no additional fused rings is 1. The number of hydrogen-bond donors (Lipinski definition) is 1. The first kappa shape index (κ1) is 12.7. The molecule has 1 aliphatic heterocycles. The average Bonchev–Trinajstić information content (AvgIpc) is 2.58. The van der Waals surface area contributed by atoms with Gasteiger partial charge in [0.1, 0.15) is 0 Å². The van der Waals surface area contributed by atoms with Crippen molar-refractivity contribution in [2.45, 2.75) is 6.30 Å². The Morgan fingerprint density at radius 2 is 2.10 bits per heavy atom. The standard InChI is InChI=1S/C14H9ClFN3O/c15-8-4-5-10-9(7-8)12(11-3-1-2-6-17-11)19-13(16)14(20)18-10/h1-7,13H,(H,18,20). The third-order valence-electron chi connectivity index (χ3n) is 2.86. The van der Waals surface area contributed by atoms with E-state index in [4.69, 9.17) is 11.6 Å². The molecule has 0 spiro atoms. The van der Waals surface area contributed by atoms with Crippen molar-refractivity contribution in [3.63, 3.8) is 0 Å². The molecule has 2 heterocycles. The molecule has 20 heavy (non-hydrogen) atoms. The Hall–Kier alpha value is -2.27. The Morgan fingerprint density at radius 1 is 1.25 bits per heavy atom. The predicted molar refractivity (Wildman–Crippen MR) is 74.9 cm³/mol. The fraction of sp³-hybridized carbons (Fsp3) is 0.0714. The van der Waals surface area contributed by atoms with Crippen LogP contribution in [0.3, 0.4) is 0 Å². The van der Waals surface area contributed by atoms with E-state index in [-0.39, 0.29) is 0 Å². The monoisotopic (exact) mass is 289 g/mol. The molecular formula is C14H9ClFN3O. The summed E-state index contributed by atoms with van der Waals surface area (Å²) >= 11 is 5.97. The summed E-state index contributed by atoms with van der Waals surface area (Å²) in [6, 6.07) is 10.1. The molecule has 1 aromatic heterocycles. The minimum absolute atomic E-state index is 0.300. The molecule has 0 fully saturated rings. The second kappa shape index (κ2) is 5.02. The molecule has 1 unspecified atom stereocenters. The van der Waals surface area contributed by atoms with Crippen molar-refractivity contribution in [1.29, 1.82) is 0 Å². The van der Waals surface area contributed by atoms with E-state index in [1.54, 1.807) is 42.6 Å². The molecule has 1 atom stereocenters. The van der Waals surface area contributed by atoms with Gasteiger partial charge in [-0.05, 0) is 30.3 Å². The van der Waals surface area contributed by atoms with Crippen LogP contribution < -0.4 is 5.32 Å². The highest BCUT2D eigenvalue weighted by Crippen LogP contribution is 2.26. The minimum atomic E-state index is -1.97. The number of aliphatic imine (C=N–C) groups is 1. The van der Waals surface area contributed by atoms with Gasteiger partial charge in [0.25, 0.3) is 12.2 Å². The minimum Gasteiger partial charge on any atom is -0.321 e. The highest BCUT2D eigenvalue weighted by Gasteiger charge is 2.25. The second-order valence-electron chi connectivity index (χ2n) is 4.21. The zero-order valence-corrected chi connectivity index (χ0v) is 10.9. The summed E-state index contributed by atoms with van der Waals surface area (Å²) in [4.78, 5) is 19.6. The first-order valence-corrected chi connectivity index (χ1v) is 6.27. The molecule has 3 rings (SSSR count). The van der Waals surface area contributed by atoms with E-state index >= 15 is 0 Å². The molecule has 1 aliphatic rings. The van der Waals surface area contributed by atoms with Crippen molar-refractivity contribution in [3.8, 4) is 0 Å². The maximum atomic E-state index is 13.8. The van der Waals surface area contributed by atoms with Gasteiger partial charge in [0.15, 0.2) is 0 Å². The van der Waals surface area contributed by atoms with Crippen LogP contribution in [-0.2, 0) is 4.79 Å². The summed E-state index contributed by atoms with van der Waals surface area (Å²) in [5.74, 6) is -0.806. The topological polar surface area (TPSA) is 54.4 Å². The number of amides is 1. The fourth-order valence-electron chi connectivity index (χ4n) is 1.96. The van der Waals surface area contributed by atoms with E-state index in [0.29, 0.717) is 27.7 Å². The van der Waals surface area contributed by atoms with Crippen molar-refractivity contribution >= 4 is 28.9 Å². The molecular weight excluding hydrogens is 281 g/mol. The number of pyridine rings is 1. The van der Waals surface area contributed by atoms with Crippen molar-refractivity contribution in [2.24, 2.45) is 4.99 Å². The Labute approximate surface area is 119 Å². The number of benzene rings is 1. The zero-order valence-electron chi connectivity index (χ0n) is 10.2. The zero-order chi connectivity index (χ0) is 14.1. The van der Waals surface area contributed by atoms with Gasteiger partial charge in [0.2, 0.25) is 0 Å². The van der Waals surface area contributed by atoms with Crippen LogP contribution in [0.4, 0.5) is 10.1 Å². The molecule has 1 aromatic carbocycles. The number of carbonyl (C=O) groups is 1. The maximum Gasteiger partial charge on any atom is 0.281 e. The molecule has 4 nitrogen and oxygen atoms in total. The van der Waals surface area contributed by atoms with Crippen LogP contribution in [0, 0.1) is 0 Å². The molecule has 2 aromatic rings. The largest absolute Gasteiger partial charge is 0.321 e. The van der Waals surface area contributed by atoms with E-state index in [1.807, 2.05) is 0 Å². The SMILES string of the molecule is O=C1Nc2ccc(Cl)cc2C(c2ccccn2)=NC1F. The summed E-state index contributed by atoms with van der Waals surface area (Å²) in [5.41, 5.74) is 1.79. The van der Waals surface area contributed by atoms with Gasteiger partial charge in [0, 0.05) is 16.8 Å². The molecule has 0 aliphatic carbocycles. The number of fused-ring (bicyclic) bond motifs is 1. The lowest BCUT2D eigenvalue weighted by molar-refractivity contribution is -0.120. The molecule has 0 saturated heterocycles. The number of alkyl halides is 1. The van der Waals surface area contributed by atoms with Gasteiger partial charge in [-0.1, -0.05) is 17.7 Å². The van der Waals surface area contributed by atoms with Crippen LogP contribution >= 0.6 is 11.6 Å². The third-order valence-corrected chi connectivity index (χ3v) is 3.10. The van der Waals surface area contributed by atoms with E-state index in [2.05, 4.69) is 15.3 Å². The number of nitrogens with one attached hydrogen (secondary N) is 1. The average molecular weight is 290 g/mol. The highest BCUT2D eigenvalue weighted by atomic mass is 35.5. The van der Waals surface area contributed by atoms with Crippen molar-refractivity contribution < 1.29 is 9.18 Å². The van der Waals surface area contributed by atoms with Gasteiger partial charge in [-0.15, -0.1) is 0 Å². The number of rotatable bonds is 1. The van der Waals surface area contributed by atoms with Crippen LogP contribution in [0.15, 0.2) is 47.6 Å². The Morgan fingerprint density at radius 3 is 2.85 bits per heavy atom. The van der Waals surface area contributed by atoms with Crippen LogP contribution in [0.5, 0.6) is 0 Å². The van der Waals surface area contributed by atoms with E-state index < -0.39 is 12.2 Å². The van der Waals surface area contributed by atoms with Crippen LogP contribution in [0.1, 0.15) is 11.3 Å². The van der Waals surface area contributed by atoms with Gasteiger partial charge in [-0.2, -0.15) is 0 Å². The second-order valence-corrected chi connectivity index (χ2v) is 4.64. The summed E-state index contributed by atoms with van der Waals surface area (Å²) in [5, 5.41) is 2.96. The summed E-state index contributed by atoms with van der Waals surface area (Å²) < 4.78 is 13.8. The number of nitrogens with zero attached hydrogens (tertiary/aromatic N) is 2. The molecule has 6 heteroatoms. The van der Waals surface area contributed by atoms with E-state index in [9.17, 15) is 9.18 Å². The molecule has 0 saturated carbocycles. The molecule has 0 radical (unpaired) electrons. The van der Waals surface area contributed by atoms with Crippen LogP contribution in [0.2, 0.25) is 5.02 Å². The fourth-order valence-corrected chi connectivity index (χ4v) is 2.13. The Kier molecular flexibility index (Phi) is 3.20. The van der Waals surface area contributed by atoms with Gasteiger partial charge in [-0.25, -0.2) is 9.38 Å². The summed E-state index contributed by atoms with van der Waals surface area (Å²) in [7, 11) is 0. The Balaban J connectivity index is 2.23. The van der Waals surface area contributed by atoms with Crippen molar-refractivity contribution in [2.75, 3.05) is 5.32 Å². The van der Waals surface area contributed by atoms with Gasteiger partial charge < -0.3 is 5.32 Å². The number of halogens is 2. The van der Waals surface area contributed by atoms with E-state index in [0.717, 1.165) is 0 Å². The van der Waals surface area contributed by atoms with Gasteiger partial charge in [-0.3, -0.25) is 9.78 Å². The number of anilines is 1. The van der Waals surface area contributed by atoms with Crippen LogP contribution in [0.25, 0.3) is 0 Å². The normalized spacial score (nSPS) is 17.8. The lowest BCUT2D eigenvalue weighted by Gasteiger charge is -2.09. The first-order valence-electron chi connectivity index (χ1n) is 5.89. The quantitative estimate of drug-likeness (QED) is 0.821. The number of carbonyl (C=O) groups excluding carboxylic acids is 1. The maximum absolute atomic E-state index is 13.8. The van der Waals surface area contributed by atoms with Crippen LogP contribution in [-0.4, -0.2) is 22.9 Å². The number of aromatic nitrogens is 1. The lowest BCUT2D eigenvalue weighted by atomic mass is 10.0. The van der Waals surface area contributed by atoms with Gasteiger partial charge >= 0.3 is 0 Å². The third kappa shape index (κ3) is 2.28. The molecule has 100 valence electrons. The van der Waals surface area contributed by atoms with Crippen molar-refractivity contribution in [3.05, 3.63) is 58.9 Å². The first-order chi connectivity index (χ1) is 9.65.